The number of thiophene rings is 1. The molecule has 1 saturated carbocycles. The summed E-state index contributed by atoms with van der Waals surface area (Å²) < 4.78 is 0. The van der Waals surface area contributed by atoms with Crippen molar-refractivity contribution in [3.8, 4) is 0 Å². The molecule has 0 radical (unpaired) electrons. The number of nitrogens with one attached hydrogen (secondary N) is 1. The van der Waals surface area contributed by atoms with Crippen LogP contribution in [0.15, 0.2) is 21.9 Å². The fourth-order valence-corrected chi connectivity index (χ4v) is 3.29. The molecule has 0 unspecified atom stereocenters. The third kappa shape index (κ3) is 2.16. The zero-order chi connectivity index (χ0) is 13.3. The first-order valence-corrected chi connectivity index (χ1v) is 7.38. The number of amides is 3. The van der Waals surface area contributed by atoms with Gasteiger partial charge >= 0.3 is 6.03 Å². The summed E-state index contributed by atoms with van der Waals surface area (Å²) in [5.74, 6) is -0.205. The van der Waals surface area contributed by atoms with E-state index in [9.17, 15) is 9.59 Å². The van der Waals surface area contributed by atoms with Gasteiger partial charge in [0.05, 0.1) is 6.21 Å². The van der Waals surface area contributed by atoms with Gasteiger partial charge in [0.2, 0.25) is 0 Å². The predicted octanol–water partition coefficient (Wildman–Crippen LogP) is 2.34. The van der Waals surface area contributed by atoms with Gasteiger partial charge in [0, 0.05) is 5.56 Å². The Morgan fingerprint density at radius 3 is 2.79 bits per heavy atom. The maximum atomic E-state index is 12.4. The SMILES string of the molecule is O=C1NC2(CCCCC2)C(=O)N1/N=C/c1ccsc1. The number of rotatable bonds is 2. The Morgan fingerprint density at radius 1 is 1.32 bits per heavy atom. The number of nitrogens with zero attached hydrogens (tertiary/aromatic N) is 2. The van der Waals surface area contributed by atoms with Crippen molar-refractivity contribution in [3.05, 3.63) is 22.4 Å². The number of hydrogen-bond acceptors (Lipinski definition) is 4. The molecule has 0 bridgehead atoms. The van der Waals surface area contributed by atoms with Gasteiger partial charge in [-0.05, 0) is 29.7 Å². The molecule has 3 amide bonds. The molecular formula is C13H15N3O2S. The normalized spacial score (nSPS) is 22.4. The van der Waals surface area contributed by atoms with Crippen LogP contribution in [0.3, 0.4) is 0 Å². The highest BCUT2D eigenvalue weighted by atomic mass is 32.1. The molecule has 2 aliphatic rings. The Morgan fingerprint density at radius 2 is 2.11 bits per heavy atom. The van der Waals surface area contributed by atoms with Gasteiger partial charge in [-0.1, -0.05) is 19.3 Å². The first-order valence-electron chi connectivity index (χ1n) is 6.44. The Kier molecular flexibility index (Phi) is 3.10. The summed E-state index contributed by atoms with van der Waals surface area (Å²) in [6.45, 7) is 0. The Hall–Kier alpha value is -1.69. The molecule has 1 aliphatic heterocycles. The molecule has 1 saturated heterocycles. The molecule has 1 aliphatic carbocycles. The second kappa shape index (κ2) is 4.77. The Balaban J connectivity index is 1.79. The van der Waals surface area contributed by atoms with Gasteiger partial charge in [-0.25, -0.2) is 4.79 Å². The first-order chi connectivity index (χ1) is 9.21. The third-order valence-electron chi connectivity index (χ3n) is 3.71. The maximum absolute atomic E-state index is 12.4. The number of hydrazone groups is 1. The van der Waals surface area contributed by atoms with Gasteiger partial charge < -0.3 is 5.32 Å². The summed E-state index contributed by atoms with van der Waals surface area (Å²) in [4.78, 5) is 24.3. The second-order valence-corrected chi connectivity index (χ2v) is 5.77. The lowest BCUT2D eigenvalue weighted by Gasteiger charge is -2.29. The summed E-state index contributed by atoms with van der Waals surface area (Å²) in [6.07, 6.45) is 6.09. The smallest absolute Gasteiger partial charge is 0.321 e. The molecule has 0 atom stereocenters. The molecule has 6 heteroatoms. The lowest BCUT2D eigenvalue weighted by atomic mass is 9.82. The van der Waals surface area contributed by atoms with Crippen molar-refractivity contribution in [3.63, 3.8) is 0 Å². The van der Waals surface area contributed by atoms with E-state index in [4.69, 9.17) is 0 Å². The van der Waals surface area contributed by atoms with Crippen LogP contribution in [0.25, 0.3) is 0 Å². The van der Waals surface area contributed by atoms with Crippen molar-refractivity contribution in [2.45, 2.75) is 37.6 Å². The topological polar surface area (TPSA) is 61.8 Å². The van der Waals surface area contributed by atoms with Crippen molar-refractivity contribution >= 4 is 29.5 Å². The minimum Gasteiger partial charge on any atom is -0.321 e. The van der Waals surface area contributed by atoms with Gasteiger partial charge in [0.1, 0.15) is 5.54 Å². The molecular weight excluding hydrogens is 262 g/mol. The van der Waals surface area contributed by atoms with Crippen molar-refractivity contribution in [1.29, 1.82) is 0 Å². The molecule has 19 heavy (non-hydrogen) atoms. The zero-order valence-electron chi connectivity index (χ0n) is 10.5. The van der Waals surface area contributed by atoms with Gasteiger partial charge in [0.25, 0.3) is 5.91 Å². The van der Waals surface area contributed by atoms with Crippen LogP contribution >= 0.6 is 11.3 Å². The van der Waals surface area contributed by atoms with Crippen LogP contribution in [0.5, 0.6) is 0 Å². The summed E-state index contributed by atoms with van der Waals surface area (Å²) in [5.41, 5.74) is 0.205. The predicted molar refractivity (Wildman–Crippen MR) is 73.1 cm³/mol. The molecule has 2 heterocycles. The minimum absolute atomic E-state index is 0.205. The Bertz CT molecular complexity index is 518. The number of carbonyl (C=O) groups is 2. The van der Waals surface area contributed by atoms with Crippen molar-refractivity contribution in [1.82, 2.24) is 10.3 Å². The quantitative estimate of drug-likeness (QED) is 0.666. The highest BCUT2D eigenvalue weighted by Crippen LogP contribution is 2.33. The van der Waals surface area contributed by atoms with E-state index in [0.717, 1.165) is 42.7 Å². The van der Waals surface area contributed by atoms with E-state index >= 15 is 0 Å². The van der Waals surface area contributed by atoms with Crippen LogP contribution in [0.2, 0.25) is 0 Å². The van der Waals surface area contributed by atoms with Gasteiger partial charge in [-0.15, -0.1) is 5.01 Å². The number of urea groups is 1. The Labute approximate surface area is 115 Å². The average molecular weight is 277 g/mol. The van der Waals surface area contributed by atoms with Crippen molar-refractivity contribution < 1.29 is 9.59 Å². The minimum atomic E-state index is -0.693. The van der Waals surface area contributed by atoms with E-state index in [2.05, 4.69) is 10.4 Å². The lowest BCUT2D eigenvalue weighted by Crippen LogP contribution is -2.48. The van der Waals surface area contributed by atoms with Crippen LogP contribution in [0.4, 0.5) is 4.79 Å². The molecule has 5 nitrogen and oxygen atoms in total. The van der Waals surface area contributed by atoms with Crippen LogP contribution in [0.1, 0.15) is 37.7 Å². The first kappa shape index (κ1) is 12.3. The second-order valence-electron chi connectivity index (χ2n) is 4.99. The number of imide groups is 1. The van der Waals surface area contributed by atoms with E-state index < -0.39 is 11.6 Å². The number of hydrogen-bond donors (Lipinski definition) is 1. The molecule has 1 spiro atoms. The molecule has 3 rings (SSSR count). The lowest BCUT2D eigenvalue weighted by molar-refractivity contribution is -0.132. The molecule has 0 aromatic carbocycles. The van der Waals surface area contributed by atoms with E-state index in [1.54, 1.807) is 17.6 Å². The molecule has 1 aromatic rings. The van der Waals surface area contributed by atoms with E-state index in [-0.39, 0.29) is 5.91 Å². The van der Waals surface area contributed by atoms with E-state index in [1.165, 1.54) is 0 Å². The van der Waals surface area contributed by atoms with Crippen LogP contribution in [0, 0.1) is 0 Å². The fraction of sp³-hybridized carbons (Fsp3) is 0.462. The molecule has 2 fully saturated rings. The van der Waals surface area contributed by atoms with E-state index in [1.807, 2.05) is 16.8 Å². The van der Waals surface area contributed by atoms with Crippen LogP contribution in [-0.2, 0) is 4.79 Å². The highest BCUT2D eigenvalue weighted by Gasteiger charge is 2.51. The standard InChI is InChI=1S/C13H15N3O2S/c17-11-13(5-2-1-3-6-13)15-12(18)16(11)14-8-10-4-7-19-9-10/h4,7-9H,1-3,5-6H2,(H,15,18)/b14-8+. The molecule has 100 valence electrons. The summed E-state index contributed by atoms with van der Waals surface area (Å²) in [7, 11) is 0. The maximum Gasteiger partial charge on any atom is 0.346 e. The summed E-state index contributed by atoms with van der Waals surface area (Å²) in [5, 5.41) is 11.7. The third-order valence-corrected chi connectivity index (χ3v) is 4.41. The molecule has 1 N–H and O–H groups in total. The van der Waals surface area contributed by atoms with Gasteiger partial charge in [0.15, 0.2) is 0 Å². The van der Waals surface area contributed by atoms with Crippen molar-refractivity contribution in [2.75, 3.05) is 0 Å². The van der Waals surface area contributed by atoms with Gasteiger partial charge in [-0.3, -0.25) is 4.79 Å². The summed E-state index contributed by atoms with van der Waals surface area (Å²) in [6, 6.07) is 1.49. The zero-order valence-corrected chi connectivity index (χ0v) is 11.3. The number of carbonyl (C=O) groups excluding carboxylic acids is 2. The highest BCUT2D eigenvalue weighted by molar-refractivity contribution is 7.08. The van der Waals surface area contributed by atoms with E-state index in [0.29, 0.717) is 0 Å². The summed E-state index contributed by atoms with van der Waals surface area (Å²) >= 11 is 1.55. The largest absolute Gasteiger partial charge is 0.346 e. The average Bonchev–Trinajstić information content (AvgIpc) is 2.99. The monoisotopic (exact) mass is 277 g/mol. The van der Waals surface area contributed by atoms with Crippen molar-refractivity contribution in [2.24, 2.45) is 5.10 Å². The van der Waals surface area contributed by atoms with Gasteiger partial charge in [-0.2, -0.15) is 16.4 Å². The van der Waals surface area contributed by atoms with Crippen LogP contribution < -0.4 is 5.32 Å². The fourth-order valence-electron chi connectivity index (χ4n) is 2.68. The molecule has 1 aromatic heterocycles. The van der Waals surface area contributed by atoms with Crippen LogP contribution in [-0.4, -0.2) is 28.7 Å².